The zero-order valence-corrected chi connectivity index (χ0v) is 18.1. The summed E-state index contributed by atoms with van der Waals surface area (Å²) < 4.78 is 25.5. The van der Waals surface area contributed by atoms with Crippen LogP contribution in [0.15, 0.2) is 30.5 Å². The lowest BCUT2D eigenvalue weighted by atomic mass is 9.92. The van der Waals surface area contributed by atoms with Crippen molar-refractivity contribution in [2.45, 2.75) is 57.7 Å². The number of fused-ring (bicyclic) bond motifs is 4. The number of hydrogen-bond acceptors (Lipinski definition) is 5. The van der Waals surface area contributed by atoms with E-state index in [1.807, 2.05) is 45.0 Å². The van der Waals surface area contributed by atoms with Crippen LogP contribution in [0.2, 0.25) is 0 Å². The first-order chi connectivity index (χ1) is 14.2. The van der Waals surface area contributed by atoms with Gasteiger partial charge >= 0.3 is 6.09 Å². The van der Waals surface area contributed by atoms with Crippen LogP contribution in [-0.2, 0) is 11.2 Å². The van der Waals surface area contributed by atoms with E-state index in [0.717, 1.165) is 29.8 Å². The molecule has 0 spiro atoms. The van der Waals surface area contributed by atoms with E-state index in [0.29, 0.717) is 17.7 Å². The lowest BCUT2D eigenvalue weighted by molar-refractivity contribution is 0.0589. The molecule has 7 heteroatoms. The van der Waals surface area contributed by atoms with Crippen molar-refractivity contribution < 1.29 is 18.7 Å². The van der Waals surface area contributed by atoms with Crippen molar-refractivity contribution in [3.05, 3.63) is 47.5 Å². The van der Waals surface area contributed by atoms with Gasteiger partial charge in [0.25, 0.3) is 0 Å². The molecule has 2 atom stereocenters. The van der Waals surface area contributed by atoms with E-state index >= 15 is 0 Å². The first-order valence-corrected chi connectivity index (χ1v) is 10.3. The number of hydrogen-bond donors (Lipinski definition) is 0. The third kappa shape index (κ3) is 3.57. The molecule has 1 aromatic heterocycles. The van der Waals surface area contributed by atoms with Crippen LogP contribution in [-0.4, -0.2) is 36.9 Å². The van der Waals surface area contributed by atoms with Gasteiger partial charge in [0.05, 0.1) is 25.0 Å². The van der Waals surface area contributed by atoms with Crippen LogP contribution in [0.25, 0.3) is 0 Å². The van der Waals surface area contributed by atoms with E-state index in [4.69, 9.17) is 9.47 Å². The van der Waals surface area contributed by atoms with Gasteiger partial charge in [-0.05, 0) is 64.3 Å². The van der Waals surface area contributed by atoms with Crippen molar-refractivity contribution in [2.75, 3.05) is 24.0 Å². The fourth-order valence-corrected chi connectivity index (χ4v) is 4.54. The first-order valence-electron chi connectivity index (χ1n) is 10.3. The summed E-state index contributed by atoms with van der Waals surface area (Å²) in [5.41, 5.74) is 2.49. The van der Waals surface area contributed by atoms with Crippen molar-refractivity contribution in [3.63, 3.8) is 0 Å². The maximum atomic E-state index is 14.7. The molecule has 1 fully saturated rings. The third-order valence-corrected chi connectivity index (χ3v) is 5.83. The molecule has 3 heterocycles. The second kappa shape index (κ2) is 7.45. The van der Waals surface area contributed by atoms with Crippen molar-refractivity contribution in [1.29, 1.82) is 0 Å². The average Bonchev–Trinajstić information content (AvgIpc) is 3.00. The normalized spacial score (nSPS) is 20.0. The van der Waals surface area contributed by atoms with Crippen LogP contribution in [0.3, 0.4) is 0 Å². The Kier molecular flexibility index (Phi) is 5.08. The molecule has 4 rings (SSSR count). The van der Waals surface area contributed by atoms with E-state index in [1.165, 1.54) is 11.1 Å². The fourth-order valence-electron chi connectivity index (χ4n) is 4.54. The summed E-state index contributed by atoms with van der Waals surface area (Å²) in [4.78, 5) is 20.5. The molecule has 1 amide bonds. The zero-order valence-electron chi connectivity index (χ0n) is 18.1. The number of anilines is 2. The highest BCUT2D eigenvalue weighted by molar-refractivity contribution is 5.89. The lowest BCUT2D eigenvalue weighted by Crippen LogP contribution is -2.40. The monoisotopic (exact) mass is 413 g/mol. The number of aromatic nitrogens is 1. The van der Waals surface area contributed by atoms with E-state index in [1.54, 1.807) is 14.2 Å². The molecule has 2 bridgehead atoms. The summed E-state index contributed by atoms with van der Waals surface area (Å²) in [5.74, 6) is 0.349. The summed E-state index contributed by atoms with van der Waals surface area (Å²) in [7, 11) is 3.30. The van der Waals surface area contributed by atoms with Crippen LogP contribution in [0, 0.1) is 5.95 Å². The SMILES string of the molecule is COc1ccc(N2C3CCC2c2c(N(C)C(=O)OC(C)(C)C)cnc(F)c2C3)cc1. The molecule has 2 aromatic rings. The van der Waals surface area contributed by atoms with Gasteiger partial charge in [-0.3, -0.25) is 4.90 Å². The first kappa shape index (κ1) is 20.4. The number of methoxy groups -OCH3 is 1. The van der Waals surface area contributed by atoms with Gasteiger partial charge in [-0.15, -0.1) is 0 Å². The van der Waals surface area contributed by atoms with E-state index in [2.05, 4.69) is 9.88 Å². The minimum atomic E-state index is -0.619. The average molecular weight is 413 g/mol. The molecule has 30 heavy (non-hydrogen) atoms. The van der Waals surface area contributed by atoms with Gasteiger partial charge in [0.15, 0.2) is 0 Å². The Morgan fingerprint density at radius 1 is 1.23 bits per heavy atom. The molecule has 1 saturated heterocycles. The Balaban J connectivity index is 1.74. The smallest absolute Gasteiger partial charge is 0.414 e. The Morgan fingerprint density at radius 2 is 1.93 bits per heavy atom. The number of ether oxygens (including phenoxy) is 2. The molecular weight excluding hydrogens is 385 g/mol. The summed E-state index contributed by atoms with van der Waals surface area (Å²) in [6, 6.07) is 8.11. The molecule has 0 saturated carbocycles. The molecule has 2 unspecified atom stereocenters. The van der Waals surface area contributed by atoms with Gasteiger partial charge in [-0.2, -0.15) is 4.39 Å². The lowest BCUT2D eigenvalue weighted by Gasteiger charge is -2.40. The largest absolute Gasteiger partial charge is 0.497 e. The highest BCUT2D eigenvalue weighted by atomic mass is 19.1. The maximum absolute atomic E-state index is 14.7. The highest BCUT2D eigenvalue weighted by Crippen LogP contribution is 2.49. The number of amides is 1. The highest BCUT2D eigenvalue weighted by Gasteiger charge is 2.43. The van der Waals surface area contributed by atoms with Gasteiger partial charge in [0, 0.05) is 29.9 Å². The van der Waals surface area contributed by atoms with Crippen LogP contribution in [0.5, 0.6) is 5.75 Å². The van der Waals surface area contributed by atoms with Crippen molar-refractivity contribution in [3.8, 4) is 5.75 Å². The zero-order chi connectivity index (χ0) is 21.6. The Bertz CT molecular complexity index is 955. The molecular formula is C23H28FN3O3. The molecule has 0 aliphatic carbocycles. The van der Waals surface area contributed by atoms with E-state index < -0.39 is 17.6 Å². The predicted molar refractivity (Wildman–Crippen MR) is 114 cm³/mol. The number of carbonyl (C=O) groups is 1. The molecule has 2 aliphatic rings. The van der Waals surface area contributed by atoms with Crippen LogP contribution >= 0.6 is 0 Å². The molecule has 2 aliphatic heterocycles. The second-order valence-electron chi connectivity index (χ2n) is 8.92. The van der Waals surface area contributed by atoms with Gasteiger partial charge in [0.1, 0.15) is 11.4 Å². The van der Waals surface area contributed by atoms with E-state index in [9.17, 15) is 9.18 Å². The summed E-state index contributed by atoms with van der Waals surface area (Å²) >= 11 is 0. The van der Waals surface area contributed by atoms with Gasteiger partial charge < -0.3 is 14.4 Å². The maximum Gasteiger partial charge on any atom is 0.414 e. The number of rotatable bonds is 3. The predicted octanol–water partition coefficient (Wildman–Crippen LogP) is 4.87. The summed E-state index contributed by atoms with van der Waals surface area (Å²) in [6.45, 7) is 5.47. The summed E-state index contributed by atoms with van der Waals surface area (Å²) in [6.07, 6.45) is 3.38. The van der Waals surface area contributed by atoms with Crippen molar-refractivity contribution in [2.24, 2.45) is 0 Å². The minimum absolute atomic E-state index is 0.0236. The van der Waals surface area contributed by atoms with Crippen LogP contribution < -0.4 is 14.5 Å². The van der Waals surface area contributed by atoms with Crippen LogP contribution in [0.1, 0.15) is 50.8 Å². The quantitative estimate of drug-likeness (QED) is 0.672. The van der Waals surface area contributed by atoms with Crippen molar-refractivity contribution >= 4 is 17.5 Å². The molecule has 6 nitrogen and oxygen atoms in total. The van der Waals surface area contributed by atoms with Crippen molar-refractivity contribution in [1.82, 2.24) is 4.98 Å². The molecule has 1 aromatic carbocycles. The number of benzene rings is 1. The molecule has 160 valence electrons. The number of halogens is 1. The molecule has 0 N–H and O–H groups in total. The second-order valence-corrected chi connectivity index (χ2v) is 8.92. The Labute approximate surface area is 176 Å². The van der Waals surface area contributed by atoms with E-state index in [-0.39, 0.29) is 12.1 Å². The fraction of sp³-hybridized carbons (Fsp3) is 0.478. The van der Waals surface area contributed by atoms with Crippen LogP contribution in [0.4, 0.5) is 20.6 Å². The number of nitrogens with zero attached hydrogens (tertiary/aromatic N) is 3. The number of pyridine rings is 1. The standard InChI is InChI=1S/C23H28FN3O3/c1-23(2,3)30-22(28)26(4)19-13-25-21(24)17-12-15-8-11-18(20(17)19)27(15)14-6-9-16(29-5)10-7-14/h6-7,9-10,13,15,18H,8,11-12H2,1-5H3. The Morgan fingerprint density at radius 3 is 2.57 bits per heavy atom. The minimum Gasteiger partial charge on any atom is -0.497 e. The van der Waals surface area contributed by atoms with Gasteiger partial charge in [-0.25, -0.2) is 9.78 Å². The van der Waals surface area contributed by atoms with Gasteiger partial charge in [0.2, 0.25) is 5.95 Å². The molecule has 0 radical (unpaired) electrons. The van der Waals surface area contributed by atoms with Gasteiger partial charge in [-0.1, -0.05) is 0 Å². The third-order valence-electron chi connectivity index (χ3n) is 5.83. The topological polar surface area (TPSA) is 54.9 Å². The summed E-state index contributed by atoms with van der Waals surface area (Å²) in [5, 5.41) is 0. The number of carbonyl (C=O) groups excluding carboxylic acids is 1. The Hall–Kier alpha value is -2.83.